The van der Waals surface area contributed by atoms with Gasteiger partial charge in [0.25, 0.3) is 5.91 Å². The van der Waals surface area contributed by atoms with Crippen molar-refractivity contribution in [2.75, 3.05) is 52.7 Å². The molecule has 0 spiro atoms. The zero-order valence-electron chi connectivity index (χ0n) is 28.0. The van der Waals surface area contributed by atoms with Crippen LogP contribution in [0.1, 0.15) is 51.4 Å². The lowest BCUT2D eigenvalue weighted by Crippen LogP contribution is -2.32. The first-order valence-corrected chi connectivity index (χ1v) is 17.8. The molecular formula is C32H49BN4O8S2. The van der Waals surface area contributed by atoms with Crippen LogP contribution in [0, 0.1) is 23.6 Å². The maximum absolute atomic E-state index is 12.3. The predicted molar refractivity (Wildman–Crippen MR) is 188 cm³/mol. The van der Waals surface area contributed by atoms with Crippen LogP contribution in [0.4, 0.5) is 0 Å². The summed E-state index contributed by atoms with van der Waals surface area (Å²) in [5.41, 5.74) is 5.65. The Kier molecular flexibility index (Phi) is 19.9. The average Bonchev–Trinajstić information content (AvgIpc) is 3.45. The molecule has 0 aromatic heterocycles. The van der Waals surface area contributed by atoms with Gasteiger partial charge in [-0.15, -0.1) is 5.92 Å². The van der Waals surface area contributed by atoms with Crippen molar-refractivity contribution in [2.24, 2.45) is 11.6 Å². The first-order chi connectivity index (χ1) is 22.5. The smallest absolute Gasteiger partial charge is 0.251 e. The molecule has 0 radical (unpaired) electrons. The summed E-state index contributed by atoms with van der Waals surface area (Å²) in [6.07, 6.45) is -0.155. The molecule has 2 amide bonds. The summed E-state index contributed by atoms with van der Waals surface area (Å²) in [5, 5.41) is 5.47. The van der Waals surface area contributed by atoms with Crippen molar-refractivity contribution in [3.63, 3.8) is 0 Å². The van der Waals surface area contributed by atoms with E-state index in [0.717, 1.165) is 0 Å². The molecule has 47 heavy (non-hydrogen) atoms. The van der Waals surface area contributed by atoms with Crippen LogP contribution in [0.3, 0.4) is 0 Å². The highest BCUT2D eigenvalue weighted by Crippen LogP contribution is 2.38. The molecule has 15 heteroatoms. The molecule has 1 aliphatic heterocycles. The first-order valence-electron chi connectivity index (χ1n) is 15.6. The van der Waals surface area contributed by atoms with Gasteiger partial charge in [-0.2, -0.15) is 5.82 Å². The number of ether oxygens (including phenoxy) is 5. The summed E-state index contributed by atoms with van der Waals surface area (Å²) in [7, 11) is 3.72. The Labute approximate surface area is 287 Å². The molecule has 5 atom stereocenters. The number of carbonyl (C=O) groups excluding carboxylic acids is 2. The van der Waals surface area contributed by atoms with E-state index in [-0.39, 0.29) is 79.3 Å². The number of hydrogen-bond acceptors (Lipinski definition) is 12. The Morgan fingerprint density at radius 1 is 1.21 bits per heavy atom. The van der Waals surface area contributed by atoms with Gasteiger partial charge in [0.1, 0.15) is 42.7 Å². The van der Waals surface area contributed by atoms with Gasteiger partial charge in [0.15, 0.2) is 0 Å². The molecule has 1 aliphatic rings. The molecule has 260 valence electrons. The van der Waals surface area contributed by atoms with Crippen molar-refractivity contribution < 1.29 is 38.1 Å². The lowest BCUT2D eigenvalue weighted by Gasteiger charge is -2.22. The molecule has 1 heterocycles. The summed E-state index contributed by atoms with van der Waals surface area (Å²) in [5.74, 6) is 17.2. The minimum atomic E-state index is -0.307. The third-order valence-corrected chi connectivity index (χ3v) is 9.74. The highest BCUT2D eigenvalue weighted by atomic mass is 33.1. The maximum atomic E-state index is 12.3. The molecule has 12 nitrogen and oxygen atoms in total. The second kappa shape index (κ2) is 23.0. The van der Waals surface area contributed by atoms with Crippen molar-refractivity contribution in [3.8, 4) is 29.3 Å². The van der Waals surface area contributed by atoms with Gasteiger partial charge >= 0.3 is 0 Å². The van der Waals surface area contributed by atoms with Crippen molar-refractivity contribution >= 4 is 40.7 Å². The van der Waals surface area contributed by atoms with Gasteiger partial charge in [-0.3, -0.25) is 14.4 Å². The summed E-state index contributed by atoms with van der Waals surface area (Å²) in [6, 6.07) is 6.82. The lowest BCUT2D eigenvalue weighted by atomic mass is 9.71. The normalized spacial score (nSPS) is 18.6. The van der Waals surface area contributed by atoms with Crippen LogP contribution in [0.5, 0.6) is 5.75 Å². The number of benzene rings is 1. The van der Waals surface area contributed by atoms with Crippen molar-refractivity contribution in [2.45, 2.75) is 75.5 Å². The minimum absolute atomic E-state index is 0.0102. The molecule has 1 aromatic carbocycles. The van der Waals surface area contributed by atoms with E-state index in [1.54, 1.807) is 52.8 Å². The standard InChI is InChI=1S/C32H49BN4O8S2/c1-6-9-23(2)42-20-27-26(45-35)19-28(44-27)33-12-8-14-36-29(38)21-40-16-17-41-30(46-47-32(3,4)5)22-43-25-11-7-10-24(18-25)31(39)37-15-13-34/h7,10-11,18,23,26-28,30,33H,13-17,19-22,34-35H2,1-5H3,(H,36,38)(H,37,39)/t23?,26-,27?,28-,30?/m1/s1. The third-order valence-electron chi connectivity index (χ3n) is 6.22. The molecule has 1 aromatic rings. The summed E-state index contributed by atoms with van der Waals surface area (Å²) >= 11 is 0. The van der Waals surface area contributed by atoms with Crippen LogP contribution in [-0.4, -0.2) is 106 Å². The number of rotatable bonds is 20. The van der Waals surface area contributed by atoms with Gasteiger partial charge < -0.3 is 40.1 Å². The Morgan fingerprint density at radius 2 is 2.02 bits per heavy atom. The van der Waals surface area contributed by atoms with Crippen LogP contribution in [-0.2, 0) is 28.6 Å². The fraction of sp³-hybridized carbons (Fsp3) is 0.625. The molecule has 0 saturated carbocycles. The van der Waals surface area contributed by atoms with Gasteiger partial charge in [-0.25, -0.2) is 5.90 Å². The predicted octanol–water partition coefficient (Wildman–Crippen LogP) is 1.61. The second-order valence-electron chi connectivity index (χ2n) is 11.4. The largest absolute Gasteiger partial charge is 0.490 e. The van der Waals surface area contributed by atoms with E-state index in [4.69, 9.17) is 40.2 Å². The number of carbonyl (C=O) groups is 2. The number of nitrogens with one attached hydrogen (secondary N) is 2. The molecular weight excluding hydrogens is 643 g/mol. The Morgan fingerprint density at radius 3 is 2.74 bits per heavy atom. The van der Waals surface area contributed by atoms with Crippen LogP contribution in [0.2, 0.25) is 0 Å². The second-order valence-corrected chi connectivity index (χ2v) is 14.6. The summed E-state index contributed by atoms with van der Waals surface area (Å²) < 4.78 is 29.1. The lowest BCUT2D eigenvalue weighted by molar-refractivity contribution is -0.126. The minimum Gasteiger partial charge on any atom is -0.490 e. The van der Waals surface area contributed by atoms with E-state index in [1.807, 2.05) is 6.92 Å². The van der Waals surface area contributed by atoms with E-state index in [9.17, 15) is 9.59 Å². The van der Waals surface area contributed by atoms with E-state index < -0.39 is 0 Å². The van der Waals surface area contributed by atoms with Crippen LogP contribution in [0.15, 0.2) is 24.3 Å². The number of amides is 2. The van der Waals surface area contributed by atoms with Gasteiger partial charge in [-0.1, -0.05) is 60.3 Å². The van der Waals surface area contributed by atoms with Crippen LogP contribution >= 0.6 is 21.6 Å². The molecule has 0 aliphatic carbocycles. The Hall–Kier alpha value is -2.44. The fourth-order valence-electron chi connectivity index (χ4n) is 4.03. The zero-order chi connectivity index (χ0) is 34.5. The van der Waals surface area contributed by atoms with Gasteiger partial charge in [-0.05, 0) is 38.5 Å². The highest BCUT2D eigenvalue weighted by Gasteiger charge is 2.36. The molecule has 0 bridgehead atoms. The van der Waals surface area contributed by atoms with Gasteiger partial charge in [0, 0.05) is 29.4 Å². The van der Waals surface area contributed by atoms with Gasteiger partial charge in [0.05, 0.1) is 26.4 Å². The molecule has 6 N–H and O–H groups in total. The number of hydrogen-bond donors (Lipinski definition) is 4. The summed E-state index contributed by atoms with van der Waals surface area (Å²) in [4.78, 5) is 29.5. The highest BCUT2D eigenvalue weighted by molar-refractivity contribution is 8.77. The van der Waals surface area contributed by atoms with E-state index >= 15 is 0 Å². The summed E-state index contributed by atoms with van der Waals surface area (Å²) in [6.45, 7) is 11.9. The number of nitrogens with two attached hydrogens (primary N) is 2. The molecule has 2 rings (SSSR count). The van der Waals surface area contributed by atoms with Crippen LogP contribution < -0.4 is 27.0 Å². The first kappa shape index (κ1) is 40.7. The SMILES string of the molecule is CC#CC(C)OCC1O[C@@H](BC#CCNC(=O)COCCOC(COc2cccc(C(=O)NCCN)c2)SSC(C)(C)C)C[C@H]1ON. The fourth-order valence-corrected chi connectivity index (χ4v) is 6.23. The zero-order valence-corrected chi connectivity index (χ0v) is 29.6. The van der Waals surface area contributed by atoms with E-state index in [0.29, 0.717) is 44.7 Å². The Bertz CT molecular complexity index is 1220. The average molecular weight is 693 g/mol. The van der Waals surface area contributed by atoms with Crippen molar-refractivity contribution in [1.29, 1.82) is 0 Å². The molecule has 1 saturated heterocycles. The van der Waals surface area contributed by atoms with Crippen LogP contribution in [0.25, 0.3) is 0 Å². The van der Waals surface area contributed by atoms with Crippen molar-refractivity contribution in [3.05, 3.63) is 29.8 Å². The topological polar surface area (TPSA) is 166 Å². The van der Waals surface area contributed by atoms with Crippen molar-refractivity contribution in [1.82, 2.24) is 10.6 Å². The molecule has 1 fully saturated rings. The third kappa shape index (κ3) is 18.1. The van der Waals surface area contributed by atoms with E-state index in [2.05, 4.69) is 55.0 Å². The Balaban J connectivity index is 1.68. The molecule has 3 unspecified atom stereocenters. The van der Waals surface area contributed by atoms with E-state index in [1.165, 1.54) is 0 Å². The monoisotopic (exact) mass is 692 g/mol. The maximum Gasteiger partial charge on any atom is 0.251 e. The quantitative estimate of drug-likeness (QED) is 0.0390. The van der Waals surface area contributed by atoms with Gasteiger partial charge in [0.2, 0.25) is 13.2 Å².